The van der Waals surface area contributed by atoms with Crippen LogP contribution < -0.4 is 5.32 Å². The fourth-order valence-corrected chi connectivity index (χ4v) is 1.60. The normalized spacial score (nSPS) is 15.9. The van der Waals surface area contributed by atoms with E-state index in [2.05, 4.69) is 12.2 Å². The monoisotopic (exact) mass is 214 g/mol. The first kappa shape index (κ1) is 11.8. The quantitative estimate of drug-likeness (QED) is 0.668. The smallest absolute Gasteiger partial charge is 0.317 e. The van der Waals surface area contributed by atoms with E-state index >= 15 is 0 Å². The minimum atomic E-state index is -0.786. The molecule has 86 valence electrons. The molecule has 1 rings (SSSR count). The molecule has 0 saturated carbocycles. The highest BCUT2D eigenvalue weighted by molar-refractivity contribution is 5.75. The van der Waals surface area contributed by atoms with Crippen LogP contribution in [-0.4, -0.2) is 41.6 Å². The number of hydrogen-bond donors (Lipinski definition) is 2. The number of carboxylic acids is 1. The molecular formula is C10H18N2O3. The van der Waals surface area contributed by atoms with Crippen molar-refractivity contribution in [2.24, 2.45) is 5.92 Å². The molecule has 0 aliphatic carbocycles. The van der Waals surface area contributed by atoms with Crippen molar-refractivity contribution in [1.29, 1.82) is 0 Å². The van der Waals surface area contributed by atoms with Gasteiger partial charge in [-0.15, -0.1) is 0 Å². The number of likely N-dealkylation sites (tertiary alicyclic amines) is 1. The fourth-order valence-electron chi connectivity index (χ4n) is 1.60. The average molecular weight is 214 g/mol. The molecule has 1 heterocycles. The van der Waals surface area contributed by atoms with Gasteiger partial charge in [0.2, 0.25) is 0 Å². The molecule has 1 saturated heterocycles. The number of hydrogen-bond acceptors (Lipinski definition) is 2. The lowest BCUT2D eigenvalue weighted by atomic mass is 9.97. The van der Waals surface area contributed by atoms with Gasteiger partial charge in [-0.3, -0.25) is 4.79 Å². The molecule has 0 atom stereocenters. The number of unbranched alkanes of at least 4 members (excludes halogenated alkanes) is 1. The summed E-state index contributed by atoms with van der Waals surface area (Å²) in [7, 11) is 0. The lowest BCUT2D eigenvalue weighted by Crippen LogP contribution is -2.54. The Balaban J connectivity index is 2.09. The van der Waals surface area contributed by atoms with E-state index in [0.29, 0.717) is 19.6 Å². The molecule has 0 unspecified atom stereocenters. The van der Waals surface area contributed by atoms with E-state index in [9.17, 15) is 9.59 Å². The molecule has 2 N–H and O–H groups in total. The van der Waals surface area contributed by atoms with Crippen LogP contribution in [0.5, 0.6) is 0 Å². The number of nitrogens with one attached hydrogen (secondary N) is 1. The first-order valence-electron chi connectivity index (χ1n) is 5.38. The largest absolute Gasteiger partial charge is 0.481 e. The summed E-state index contributed by atoms with van der Waals surface area (Å²) >= 11 is 0. The summed E-state index contributed by atoms with van der Waals surface area (Å²) in [6, 6.07) is -0.0647. The number of rotatable bonds is 5. The number of nitrogens with zero attached hydrogens (tertiary/aromatic N) is 1. The van der Waals surface area contributed by atoms with E-state index in [1.165, 1.54) is 0 Å². The van der Waals surface area contributed by atoms with Gasteiger partial charge in [0.25, 0.3) is 0 Å². The van der Waals surface area contributed by atoms with Crippen molar-refractivity contribution in [2.75, 3.05) is 19.6 Å². The predicted molar refractivity (Wildman–Crippen MR) is 55.6 cm³/mol. The Morgan fingerprint density at radius 1 is 1.47 bits per heavy atom. The van der Waals surface area contributed by atoms with E-state index < -0.39 is 5.97 Å². The lowest BCUT2D eigenvalue weighted by molar-refractivity contribution is -0.139. The molecule has 5 nitrogen and oxygen atoms in total. The van der Waals surface area contributed by atoms with E-state index in [4.69, 9.17) is 5.11 Å². The molecule has 1 fully saturated rings. The van der Waals surface area contributed by atoms with Gasteiger partial charge >= 0.3 is 12.0 Å². The summed E-state index contributed by atoms with van der Waals surface area (Å²) in [5, 5.41) is 11.3. The van der Waals surface area contributed by atoms with Gasteiger partial charge in [0.1, 0.15) is 0 Å². The van der Waals surface area contributed by atoms with Crippen LogP contribution in [0.25, 0.3) is 0 Å². The summed E-state index contributed by atoms with van der Waals surface area (Å²) in [6.45, 7) is 3.92. The maximum atomic E-state index is 11.4. The second kappa shape index (κ2) is 5.58. The molecule has 0 spiro atoms. The second-order valence-electron chi connectivity index (χ2n) is 3.95. The van der Waals surface area contributed by atoms with Crippen molar-refractivity contribution >= 4 is 12.0 Å². The van der Waals surface area contributed by atoms with Gasteiger partial charge in [0.05, 0.1) is 6.42 Å². The van der Waals surface area contributed by atoms with Gasteiger partial charge in [-0.2, -0.15) is 0 Å². The number of carboxylic acid groups (broad SMARTS) is 1. The molecule has 0 radical (unpaired) electrons. The fraction of sp³-hybridized carbons (Fsp3) is 0.800. The molecule has 0 aromatic rings. The summed E-state index contributed by atoms with van der Waals surface area (Å²) < 4.78 is 0. The van der Waals surface area contributed by atoms with Crippen molar-refractivity contribution in [1.82, 2.24) is 10.2 Å². The van der Waals surface area contributed by atoms with Gasteiger partial charge in [-0.25, -0.2) is 4.79 Å². The van der Waals surface area contributed by atoms with Crippen LogP contribution in [0.4, 0.5) is 4.79 Å². The van der Waals surface area contributed by atoms with Gasteiger partial charge in [0, 0.05) is 25.6 Å². The zero-order chi connectivity index (χ0) is 11.3. The lowest BCUT2D eigenvalue weighted by Gasteiger charge is -2.38. The zero-order valence-electron chi connectivity index (χ0n) is 9.03. The summed E-state index contributed by atoms with van der Waals surface area (Å²) in [5.74, 6) is -0.648. The Hall–Kier alpha value is -1.26. The van der Waals surface area contributed by atoms with Crippen molar-refractivity contribution < 1.29 is 14.7 Å². The maximum absolute atomic E-state index is 11.4. The summed E-state index contributed by atoms with van der Waals surface area (Å²) in [4.78, 5) is 23.4. The number of aliphatic carboxylic acids is 1. The Morgan fingerprint density at radius 2 is 2.13 bits per heavy atom. The van der Waals surface area contributed by atoms with Crippen LogP contribution in [0.2, 0.25) is 0 Å². The van der Waals surface area contributed by atoms with Crippen LogP contribution in [0, 0.1) is 5.92 Å². The third-order valence-corrected chi connectivity index (χ3v) is 2.51. The maximum Gasteiger partial charge on any atom is 0.317 e. The Bertz CT molecular complexity index is 237. The van der Waals surface area contributed by atoms with Gasteiger partial charge in [-0.1, -0.05) is 13.3 Å². The van der Waals surface area contributed by atoms with Crippen LogP contribution in [0.15, 0.2) is 0 Å². The number of carbonyl (C=O) groups excluding carboxylic acids is 1. The second-order valence-corrected chi connectivity index (χ2v) is 3.95. The number of urea groups is 1. The molecule has 5 heteroatoms. The van der Waals surface area contributed by atoms with E-state index in [0.717, 1.165) is 12.8 Å². The number of carbonyl (C=O) groups is 2. The van der Waals surface area contributed by atoms with Crippen molar-refractivity contribution in [3.05, 3.63) is 0 Å². The van der Waals surface area contributed by atoms with Crippen molar-refractivity contribution in [2.45, 2.75) is 26.2 Å². The summed E-state index contributed by atoms with van der Waals surface area (Å²) in [5.41, 5.74) is 0. The first-order chi connectivity index (χ1) is 7.13. The minimum Gasteiger partial charge on any atom is -0.481 e. The SMILES string of the molecule is CCCCNC(=O)N1CC(CC(=O)O)C1. The molecule has 0 bridgehead atoms. The predicted octanol–water partition coefficient (Wildman–Crippen LogP) is 0.903. The van der Waals surface area contributed by atoms with Crippen molar-refractivity contribution in [3.8, 4) is 0 Å². The topological polar surface area (TPSA) is 69.6 Å². The Kier molecular flexibility index (Phi) is 4.39. The van der Waals surface area contributed by atoms with Gasteiger partial charge in [-0.05, 0) is 6.42 Å². The average Bonchev–Trinajstić information content (AvgIpc) is 2.10. The van der Waals surface area contributed by atoms with Gasteiger partial charge in [0.15, 0.2) is 0 Å². The van der Waals surface area contributed by atoms with Crippen molar-refractivity contribution in [3.63, 3.8) is 0 Å². The first-order valence-corrected chi connectivity index (χ1v) is 5.38. The highest BCUT2D eigenvalue weighted by Crippen LogP contribution is 2.18. The molecule has 15 heavy (non-hydrogen) atoms. The van der Waals surface area contributed by atoms with Crippen LogP contribution in [0.3, 0.4) is 0 Å². The molecule has 1 aliphatic rings. The van der Waals surface area contributed by atoms with Crippen LogP contribution in [0.1, 0.15) is 26.2 Å². The third kappa shape index (κ3) is 3.77. The van der Waals surface area contributed by atoms with Gasteiger partial charge < -0.3 is 15.3 Å². The Morgan fingerprint density at radius 3 is 2.67 bits per heavy atom. The highest BCUT2D eigenvalue weighted by atomic mass is 16.4. The Labute approximate surface area is 89.4 Å². The molecule has 0 aromatic carbocycles. The third-order valence-electron chi connectivity index (χ3n) is 2.51. The molecular weight excluding hydrogens is 196 g/mol. The van der Waals surface area contributed by atoms with E-state index in [1.807, 2.05) is 0 Å². The zero-order valence-corrected chi connectivity index (χ0v) is 9.03. The van der Waals surface area contributed by atoms with E-state index in [-0.39, 0.29) is 18.4 Å². The van der Waals surface area contributed by atoms with E-state index in [1.54, 1.807) is 4.90 Å². The molecule has 0 aromatic heterocycles. The molecule has 1 aliphatic heterocycles. The minimum absolute atomic E-state index is 0.0647. The summed E-state index contributed by atoms with van der Waals surface area (Å²) in [6.07, 6.45) is 2.21. The molecule has 2 amide bonds. The van der Waals surface area contributed by atoms with Crippen LogP contribution >= 0.6 is 0 Å². The van der Waals surface area contributed by atoms with Crippen LogP contribution in [-0.2, 0) is 4.79 Å². The number of amides is 2. The standard InChI is InChI=1S/C10H18N2O3/c1-2-3-4-11-10(15)12-6-8(7-12)5-9(13)14/h8H,2-7H2,1H3,(H,11,15)(H,13,14). The highest BCUT2D eigenvalue weighted by Gasteiger charge is 2.31.